The second kappa shape index (κ2) is 5.07. The molecule has 1 aliphatic heterocycles. The summed E-state index contributed by atoms with van der Waals surface area (Å²) in [6.07, 6.45) is 0.879. The minimum Gasteiger partial charge on any atom is -0.380 e. The predicted molar refractivity (Wildman–Crippen MR) is 68.5 cm³/mol. The summed E-state index contributed by atoms with van der Waals surface area (Å²) in [5.41, 5.74) is 3.35. The first-order valence-corrected chi connectivity index (χ1v) is 6.14. The molecule has 4 heteroatoms. The van der Waals surface area contributed by atoms with E-state index in [9.17, 15) is 4.79 Å². The van der Waals surface area contributed by atoms with Crippen molar-refractivity contribution in [2.75, 3.05) is 18.6 Å². The first-order valence-electron chi connectivity index (χ1n) is 5.70. The molecule has 0 saturated heterocycles. The van der Waals surface area contributed by atoms with E-state index in [1.165, 1.54) is 5.56 Å². The summed E-state index contributed by atoms with van der Waals surface area (Å²) in [5, 5.41) is -0.480. The fourth-order valence-electron chi connectivity index (χ4n) is 2.24. The molecule has 1 aliphatic rings. The average Bonchev–Trinajstić information content (AvgIpc) is 2.73. The van der Waals surface area contributed by atoms with Gasteiger partial charge in [-0.3, -0.25) is 4.79 Å². The number of rotatable bonds is 3. The fraction of sp³-hybridized carbons (Fsp3) is 0.462. The van der Waals surface area contributed by atoms with Gasteiger partial charge in [0.05, 0.1) is 6.61 Å². The van der Waals surface area contributed by atoms with Crippen LogP contribution in [0.3, 0.4) is 0 Å². The van der Waals surface area contributed by atoms with Crippen LogP contribution in [-0.2, 0) is 22.6 Å². The molecule has 17 heavy (non-hydrogen) atoms. The lowest BCUT2D eigenvalue weighted by atomic mass is 10.1. The van der Waals surface area contributed by atoms with E-state index in [0.717, 1.165) is 17.7 Å². The maximum absolute atomic E-state index is 11.9. The van der Waals surface area contributed by atoms with Crippen LogP contribution in [0.1, 0.15) is 18.1 Å². The third-order valence-electron chi connectivity index (χ3n) is 3.03. The van der Waals surface area contributed by atoms with E-state index in [4.69, 9.17) is 16.3 Å². The molecule has 0 aliphatic carbocycles. The van der Waals surface area contributed by atoms with Crippen LogP contribution in [0, 0.1) is 0 Å². The zero-order valence-corrected chi connectivity index (χ0v) is 10.8. The van der Waals surface area contributed by atoms with Gasteiger partial charge in [0.1, 0.15) is 5.38 Å². The lowest BCUT2D eigenvalue weighted by Gasteiger charge is -2.19. The number of anilines is 1. The molecule has 1 aromatic rings. The SMILES string of the molecule is COCc1cccc2c1CCN2C(=O)[C@@H](C)Cl. The number of alkyl halides is 1. The normalized spacial score (nSPS) is 15.8. The van der Waals surface area contributed by atoms with E-state index in [-0.39, 0.29) is 5.91 Å². The number of ether oxygens (including phenoxy) is 1. The van der Waals surface area contributed by atoms with Crippen LogP contribution < -0.4 is 4.90 Å². The highest BCUT2D eigenvalue weighted by Gasteiger charge is 2.28. The van der Waals surface area contributed by atoms with Crippen LogP contribution in [0.4, 0.5) is 5.69 Å². The second-order valence-corrected chi connectivity index (χ2v) is 4.86. The summed E-state index contributed by atoms with van der Waals surface area (Å²) < 4.78 is 5.17. The Morgan fingerprint density at radius 1 is 1.59 bits per heavy atom. The van der Waals surface area contributed by atoms with Gasteiger partial charge in [0.25, 0.3) is 0 Å². The number of carbonyl (C=O) groups excluding carboxylic acids is 1. The van der Waals surface area contributed by atoms with Crippen molar-refractivity contribution in [2.45, 2.75) is 25.3 Å². The highest BCUT2D eigenvalue weighted by atomic mass is 35.5. The number of hydrogen-bond acceptors (Lipinski definition) is 2. The molecular formula is C13H16ClNO2. The molecule has 0 bridgehead atoms. The molecule has 0 saturated carbocycles. The van der Waals surface area contributed by atoms with Crippen LogP contribution in [0.2, 0.25) is 0 Å². The van der Waals surface area contributed by atoms with Crippen LogP contribution in [0.25, 0.3) is 0 Å². The van der Waals surface area contributed by atoms with E-state index in [2.05, 4.69) is 0 Å². The Morgan fingerprint density at radius 2 is 2.35 bits per heavy atom. The Morgan fingerprint density at radius 3 is 3.00 bits per heavy atom. The Bertz CT molecular complexity index is 431. The first kappa shape index (κ1) is 12.4. The standard InChI is InChI=1S/C13H16ClNO2/c1-9(14)13(16)15-7-6-11-10(8-17-2)4-3-5-12(11)15/h3-5,9H,6-8H2,1-2H3/t9-/m1/s1. The number of carbonyl (C=O) groups is 1. The van der Waals surface area contributed by atoms with Crippen molar-refractivity contribution in [3.8, 4) is 0 Å². The minimum atomic E-state index is -0.480. The van der Waals surface area contributed by atoms with Crippen LogP contribution in [0.15, 0.2) is 18.2 Å². The summed E-state index contributed by atoms with van der Waals surface area (Å²) in [6, 6.07) is 5.97. The van der Waals surface area contributed by atoms with E-state index < -0.39 is 5.38 Å². The van der Waals surface area contributed by atoms with Gasteiger partial charge in [-0.1, -0.05) is 12.1 Å². The van der Waals surface area contributed by atoms with Gasteiger partial charge in [0.2, 0.25) is 5.91 Å². The third-order valence-corrected chi connectivity index (χ3v) is 3.22. The van der Waals surface area contributed by atoms with E-state index in [1.54, 1.807) is 18.9 Å². The number of halogens is 1. The number of amides is 1. The molecule has 3 nitrogen and oxygen atoms in total. The van der Waals surface area contributed by atoms with Crippen molar-refractivity contribution in [3.05, 3.63) is 29.3 Å². The molecule has 0 spiro atoms. The second-order valence-electron chi connectivity index (χ2n) is 4.20. The van der Waals surface area contributed by atoms with Gasteiger partial charge in [-0.25, -0.2) is 0 Å². The zero-order valence-electron chi connectivity index (χ0n) is 10.1. The number of benzene rings is 1. The maximum Gasteiger partial charge on any atom is 0.244 e. The summed E-state index contributed by atoms with van der Waals surface area (Å²) >= 11 is 5.86. The smallest absolute Gasteiger partial charge is 0.244 e. The van der Waals surface area contributed by atoms with Crippen molar-refractivity contribution in [3.63, 3.8) is 0 Å². The van der Waals surface area contributed by atoms with Crippen LogP contribution in [-0.4, -0.2) is 24.9 Å². The molecule has 0 unspecified atom stereocenters. The molecule has 1 amide bonds. The number of methoxy groups -OCH3 is 1. The van der Waals surface area contributed by atoms with Gasteiger partial charge < -0.3 is 9.64 Å². The van der Waals surface area contributed by atoms with Crippen molar-refractivity contribution < 1.29 is 9.53 Å². The van der Waals surface area contributed by atoms with Gasteiger partial charge in [-0.15, -0.1) is 11.6 Å². The molecule has 2 rings (SSSR count). The lowest BCUT2D eigenvalue weighted by Crippen LogP contribution is -2.34. The van der Waals surface area contributed by atoms with Gasteiger partial charge in [0.15, 0.2) is 0 Å². The molecule has 0 radical (unpaired) electrons. The van der Waals surface area contributed by atoms with Crippen molar-refractivity contribution in [1.29, 1.82) is 0 Å². The summed E-state index contributed by atoms with van der Waals surface area (Å²) in [5.74, 6) is -0.0278. The summed E-state index contributed by atoms with van der Waals surface area (Å²) in [6.45, 7) is 3.01. The van der Waals surface area contributed by atoms with Crippen molar-refractivity contribution in [1.82, 2.24) is 0 Å². The summed E-state index contributed by atoms with van der Waals surface area (Å²) in [7, 11) is 1.68. The molecule has 1 heterocycles. The van der Waals surface area contributed by atoms with Crippen LogP contribution >= 0.6 is 11.6 Å². The van der Waals surface area contributed by atoms with Crippen molar-refractivity contribution >= 4 is 23.2 Å². The predicted octanol–water partition coefficient (Wildman–Crippen LogP) is 2.35. The van der Waals surface area contributed by atoms with Gasteiger partial charge in [-0.2, -0.15) is 0 Å². The molecule has 92 valence electrons. The first-order chi connectivity index (χ1) is 8.15. The van der Waals surface area contributed by atoms with Gasteiger partial charge in [-0.05, 0) is 30.5 Å². The Hall–Kier alpha value is -1.06. The third kappa shape index (κ3) is 2.31. The molecule has 0 fully saturated rings. The quantitative estimate of drug-likeness (QED) is 0.774. The number of nitrogens with zero attached hydrogens (tertiary/aromatic N) is 1. The topological polar surface area (TPSA) is 29.5 Å². The highest BCUT2D eigenvalue weighted by molar-refractivity contribution is 6.32. The maximum atomic E-state index is 11.9. The number of fused-ring (bicyclic) bond motifs is 1. The van der Waals surface area contributed by atoms with E-state index in [0.29, 0.717) is 13.2 Å². The Kier molecular flexibility index (Phi) is 3.69. The van der Waals surface area contributed by atoms with E-state index in [1.807, 2.05) is 18.2 Å². The van der Waals surface area contributed by atoms with Crippen LogP contribution in [0.5, 0.6) is 0 Å². The highest BCUT2D eigenvalue weighted by Crippen LogP contribution is 2.31. The van der Waals surface area contributed by atoms with Crippen molar-refractivity contribution in [2.24, 2.45) is 0 Å². The zero-order chi connectivity index (χ0) is 12.4. The minimum absolute atomic E-state index is 0.0278. The lowest BCUT2D eigenvalue weighted by molar-refractivity contribution is -0.117. The fourth-order valence-corrected chi connectivity index (χ4v) is 2.36. The van der Waals surface area contributed by atoms with E-state index >= 15 is 0 Å². The summed E-state index contributed by atoms with van der Waals surface area (Å²) in [4.78, 5) is 13.7. The monoisotopic (exact) mass is 253 g/mol. The molecule has 1 atom stereocenters. The molecular weight excluding hydrogens is 238 g/mol. The molecule has 0 aromatic heterocycles. The number of hydrogen-bond donors (Lipinski definition) is 0. The average molecular weight is 254 g/mol. The largest absolute Gasteiger partial charge is 0.380 e. The Labute approximate surface area is 106 Å². The van der Waals surface area contributed by atoms with Gasteiger partial charge >= 0.3 is 0 Å². The Balaban J connectivity index is 2.32. The molecule has 1 aromatic carbocycles. The van der Waals surface area contributed by atoms with Gasteiger partial charge in [0, 0.05) is 19.3 Å². The molecule has 0 N–H and O–H groups in total.